The average Bonchev–Trinajstić information content (AvgIpc) is 2.74. The fourth-order valence-electron chi connectivity index (χ4n) is 3.35. The van der Waals surface area contributed by atoms with Crippen molar-refractivity contribution < 1.29 is 9.21 Å². The van der Waals surface area contributed by atoms with Crippen LogP contribution in [0.5, 0.6) is 0 Å². The Bertz CT molecular complexity index is 1320. The minimum Gasteiger partial charge on any atom is -0.403 e. The van der Waals surface area contributed by atoms with Gasteiger partial charge in [0.15, 0.2) is 5.78 Å². The molecular weight excluding hydrogens is 352 g/mol. The van der Waals surface area contributed by atoms with Crippen LogP contribution >= 0.6 is 0 Å². The van der Waals surface area contributed by atoms with Crippen molar-refractivity contribution in [2.75, 3.05) is 0 Å². The number of carbonyl (C=O) groups is 1. The smallest absolute Gasteiger partial charge is 0.347 e. The fraction of sp³-hybridized carbons (Fsp3) is 0.0435. The van der Waals surface area contributed by atoms with Crippen molar-refractivity contribution in [3.05, 3.63) is 94.3 Å². The van der Waals surface area contributed by atoms with Gasteiger partial charge in [0.2, 0.25) is 5.89 Å². The minimum absolute atomic E-state index is 0.0619. The number of aliphatic imine (C=N–C) groups is 1. The largest absolute Gasteiger partial charge is 0.403 e. The lowest BCUT2D eigenvalue weighted by Gasteiger charge is -2.14. The lowest BCUT2D eigenvalue weighted by Crippen LogP contribution is -2.14. The third kappa shape index (κ3) is 2.74. The third-order valence-electron chi connectivity index (χ3n) is 4.79. The van der Waals surface area contributed by atoms with Crippen molar-refractivity contribution in [3.63, 3.8) is 0 Å². The van der Waals surface area contributed by atoms with Crippen molar-refractivity contribution in [2.24, 2.45) is 4.99 Å². The van der Waals surface area contributed by atoms with Crippen molar-refractivity contribution in [1.82, 2.24) is 4.98 Å². The van der Waals surface area contributed by atoms with E-state index in [1.165, 1.54) is 0 Å². The second-order valence-corrected chi connectivity index (χ2v) is 6.58. The Morgan fingerprint density at radius 2 is 1.50 bits per heavy atom. The predicted molar refractivity (Wildman–Crippen MR) is 107 cm³/mol. The number of fused-ring (bicyclic) bond motifs is 2. The molecule has 3 aromatic carbocycles. The first-order valence-electron chi connectivity index (χ1n) is 8.89. The van der Waals surface area contributed by atoms with E-state index in [4.69, 9.17) is 4.42 Å². The Balaban J connectivity index is 1.53. The molecule has 1 aromatic heterocycles. The van der Waals surface area contributed by atoms with Gasteiger partial charge in [-0.25, -0.2) is 9.78 Å². The van der Waals surface area contributed by atoms with Crippen LogP contribution < -0.4 is 5.63 Å². The quantitative estimate of drug-likeness (QED) is 0.521. The number of aromatic nitrogens is 1. The highest BCUT2D eigenvalue weighted by Crippen LogP contribution is 2.28. The van der Waals surface area contributed by atoms with Gasteiger partial charge in [-0.05, 0) is 42.0 Å². The summed E-state index contributed by atoms with van der Waals surface area (Å²) in [5.74, 6) is 0.328. The molecule has 0 atom stereocenters. The van der Waals surface area contributed by atoms with Gasteiger partial charge in [-0.1, -0.05) is 36.4 Å². The van der Waals surface area contributed by atoms with Crippen LogP contribution in [0.1, 0.15) is 22.3 Å². The molecule has 28 heavy (non-hydrogen) atoms. The number of benzene rings is 3. The van der Waals surface area contributed by atoms with E-state index in [1.807, 2.05) is 48.5 Å². The molecule has 0 aliphatic carbocycles. The van der Waals surface area contributed by atoms with Gasteiger partial charge in [-0.3, -0.25) is 9.79 Å². The van der Waals surface area contributed by atoms with Crippen LogP contribution in [0.25, 0.3) is 22.4 Å². The van der Waals surface area contributed by atoms with E-state index in [0.29, 0.717) is 27.7 Å². The number of ketones is 1. The summed E-state index contributed by atoms with van der Waals surface area (Å²) in [7, 11) is 0. The Kier molecular flexibility index (Phi) is 3.72. The molecule has 5 rings (SSSR count). The van der Waals surface area contributed by atoms with E-state index >= 15 is 0 Å². The molecule has 0 spiro atoms. The predicted octanol–water partition coefficient (Wildman–Crippen LogP) is 4.56. The highest BCUT2D eigenvalue weighted by Gasteiger charge is 2.20. The van der Waals surface area contributed by atoms with E-state index < -0.39 is 5.63 Å². The van der Waals surface area contributed by atoms with Gasteiger partial charge in [0.05, 0.1) is 28.7 Å². The maximum Gasteiger partial charge on any atom is 0.347 e. The second kappa shape index (κ2) is 6.39. The number of rotatable bonds is 2. The van der Waals surface area contributed by atoms with E-state index in [1.54, 1.807) is 24.3 Å². The third-order valence-corrected chi connectivity index (χ3v) is 4.79. The lowest BCUT2D eigenvalue weighted by molar-refractivity contribution is 0.1000. The molecule has 1 aliphatic rings. The highest BCUT2D eigenvalue weighted by molar-refractivity contribution is 6.20. The molecule has 0 amide bonds. The zero-order valence-electron chi connectivity index (χ0n) is 14.8. The Labute approximate surface area is 160 Å². The molecule has 0 saturated carbocycles. The molecule has 0 N–H and O–H groups in total. The van der Waals surface area contributed by atoms with Crippen molar-refractivity contribution in [3.8, 4) is 11.5 Å². The maximum atomic E-state index is 12.4. The first-order valence-corrected chi connectivity index (χ1v) is 8.89. The van der Waals surface area contributed by atoms with Crippen LogP contribution in [0.15, 0.2) is 87.0 Å². The van der Waals surface area contributed by atoms with Gasteiger partial charge < -0.3 is 4.42 Å². The first-order chi connectivity index (χ1) is 13.7. The van der Waals surface area contributed by atoms with E-state index in [0.717, 1.165) is 11.3 Å². The zero-order valence-corrected chi connectivity index (χ0v) is 14.8. The lowest BCUT2D eigenvalue weighted by atomic mass is 9.96. The monoisotopic (exact) mass is 366 g/mol. The molecule has 0 saturated heterocycles. The van der Waals surface area contributed by atoms with E-state index in [-0.39, 0.29) is 18.1 Å². The topological polar surface area (TPSA) is 72.5 Å². The standard InChI is InChI=1S/C23H14N2O3/c26-21-13-20(24-18-7-3-1-5-16(18)21)14-9-11-15(12-10-14)22-25-19-8-4-2-6-17(19)23(27)28-22/h1-12H,13H2. The SMILES string of the molecule is O=C1CC(c2ccc(-c3nc4ccccc4c(=O)o3)cc2)=Nc2ccccc21. The highest BCUT2D eigenvalue weighted by atomic mass is 16.4. The molecule has 0 unspecified atom stereocenters. The van der Waals surface area contributed by atoms with Crippen molar-refractivity contribution >= 4 is 28.1 Å². The summed E-state index contributed by atoms with van der Waals surface area (Å²) in [6.45, 7) is 0. The zero-order chi connectivity index (χ0) is 19.1. The second-order valence-electron chi connectivity index (χ2n) is 6.58. The van der Waals surface area contributed by atoms with Gasteiger partial charge >= 0.3 is 5.63 Å². The Hall–Kier alpha value is -3.86. The van der Waals surface area contributed by atoms with E-state index in [9.17, 15) is 9.59 Å². The number of hydrogen-bond acceptors (Lipinski definition) is 5. The summed E-state index contributed by atoms with van der Waals surface area (Å²) in [5.41, 5.74) is 3.80. The Morgan fingerprint density at radius 1 is 0.786 bits per heavy atom. The number of hydrogen-bond donors (Lipinski definition) is 0. The van der Waals surface area contributed by atoms with Gasteiger partial charge in [-0.15, -0.1) is 0 Å². The molecule has 0 bridgehead atoms. The van der Waals surface area contributed by atoms with Gasteiger partial charge in [0, 0.05) is 11.1 Å². The first kappa shape index (κ1) is 16.3. The summed E-state index contributed by atoms with van der Waals surface area (Å²) < 4.78 is 5.37. The fourth-order valence-corrected chi connectivity index (χ4v) is 3.35. The van der Waals surface area contributed by atoms with Crippen LogP contribution in [0.4, 0.5) is 5.69 Å². The number of para-hydroxylation sites is 2. The van der Waals surface area contributed by atoms with Crippen molar-refractivity contribution in [1.29, 1.82) is 0 Å². The molecule has 0 fully saturated rings. The summed E-state index contributed by atoms with van der Waals surface area (Å²) in [5, 5.41) is 0.455. The van der Waals surface area contributed by atoms with Gasteiger partial charge in [-0.2, -0.15) is 0 Å². The van der Waals surface area contributed by atoms with Crippen molar-refractivity contribution in [2.45, 2.75) is 6.42 Å². The van der Waals surface area contributed by atoms with Gasteiger partial charge in [0.1, 0.15) is 0 Å². The van der Waals surface area contributed by atoms with Crippen LogP contribution in [0.2, 0.25) is 0 Å². The summed E-state index contributed by atoms with van der Waals surface area (Å²) in [6, 6.07) is 21.8. The molecule has 134 valence electrons. The summed E-state index contributed by atoms with van der Waals surface area (Å²) in [6.07, 6.45) is 0.264. The molecule has 4 aromatic rings. The van der Waals surface area contributed by atoms with Crippen LogP contribution in [0, 0.1) is 0 Å². The number of Topliss-reactive ketones (excluding diaryl/α,β-unsaturated/α-hetero) is 1. The normalized spacial score (nSPS) is 13.3. The number of carbonyl (C=O) groups excluding carboxylic acids is 1. The van der Waals surface area contributed by atoms with Crippen LogP contribution in [-0.4, -0.2) is 16.5 Å². The molecule has 1 aliphatic heterocycles. The Morgan fingerprint density at radius 3 is 2.36 bits per heavy atom. The number of nitrogens with zero attached hydrogens (tertiary/aromatic N) is 2. The summed E-state index contributed by atoms with van der Waals surface area (Å²) in [4.78, 5) is 33.6. The van der Waals surface area contributed by atoms with E-state index in [2.05, 4.69) is 9.98 Å². The minimum atomic E-state index is -0.413. The average molecular weight is 366 g/mol. The molecule has 5 nitrogen and oxygen atoms in total. The van der Waals surface area contributed by atoms with Crippen LogP contribution in [0.3, 0.4) is 0 Å². The molecule has 0 radical (unpaired) electrons. The maximum absolute atomic E-state index is 12.4. The summed E-state index contributed by atoms with van der Waals surface area (Å²) >= 11 is 0. The molecular formula is C23H14N2O3. The molecule has 5 heteroatoms. The molecule has 2 heterocycles. The van der Waals surface area contributed by atoms with Crippen LogP contribution in [-0.2, 0) is 0 Å². The van der Waals surface area contributed by atoms with Gasteiger partial charge in [0.25, 0.3) is 0 Å².